The molecule has 4 heteroatoms. The number of allylic oxidation sites excluding steroid dienone is 1. The number of hydrogen-bond donors (Lipinski definition) is 0. The highest BCUT2D eigenvalue weighted by Crippen LogP contribution is 2.34. The zero-order chi connectivity index (χ0) is 9.41. The van der Waals surface area contributed by atoms with E-state index in [4.69, 9.17) is 0 Å². The molecular weight excluding hydrogens is 192 g/mol. The summed E-state index contributed by atoms with van der Waals surface area (Å²) in [6, 6.07) is 0. The summed E-state index contributed by atoms with van der Waals surface area (Å²) < 4.78 is 22.0. The summed E-state index contributed by atoms with van der Waals surface area (Å²) in [7, 11) is -3.04. The predicted octanol–water partition coefficient (Wildman–Crippen LogP) is 1.95. The van der Waals surface area contributed by atoms with E-state index >= 15 is 0 Å². The first-order chi connectivity index (χ1) is 5.37. The molecule has 2 nitrogen and oxygen atoms in total. The lowest BCUT2D eigenvalue weighted by molar-refractivity contribution is 0.613. The van der Waals surface area contributed by atoms with Gasteiger partial charge in [0.25, 0.3) is 0 Å². The van der Waals surface area contributed by atoms with Gasteiger partial charge in [-0.15, -0.1) is 0 Å². The van der Waals surface area contributed by atoms with Gasteiger partial charge in [0.1, 0.15) is 0 Å². The standard InChI is InChI=1S/C8H12O2S2/c1-8(2,11-3)7-4-5-12(9,10)6-7/h4-6H,1-3H3. The third-order valence-electron chi connectivity index (χ3n) is 1.93. The highest BCUT2D eigenvalue weighted by molar-refractivity contribution is 8.00. The van der Waals surface area contributed by atoms with Crippen molar-refractivity contribution >= 4 is 21.6 Å². The van der Waals surface area contributed by atoms with Gasteiger partial charge in [-0.3, -0.25) is 0 Å². The first-order valence-electron chi connectivity index (χ1n) is 3.58. The lowest BCUT2D eigenvalue weighted by Crippen LogP contribution is -2.15. The summed E-state index contributed by atoms with van der Waals surface area (Å²) in [5, 5.41) is 2.59. The Balaban J connectivity index is 3.04. The van der Waals surface area contributed by atoms with Crippen LogP contribution in [0.1, 0.15) is 13.8 Å². The average molecular weight is 204 g/mol. The van der Waals surface area contributed by atoms with Gasteiger partial charge < -0.3 is 0 Å². The quantitative estimate of drug-likeness (QED) is 0.689. The van der Waals surface area contributed by atoms with Crippen molar-refractivity contribution in [2.24, 2.45) is 0 Å². The van der Waals surface area contributed by atoms with Crippen molar-refractivity contribution in [2.45, 2.75) is 18.6 Å². The van der Waals surface area contributed by atoms with E-state index in [1.165, 1.54) is 10.8 Å². The molecule has 0 saturated heterocycles. The fourth-order valence-electron chi connectivity index (χ4n) is 0.884. The molecule has 12 heavy (non-hydrogen) atoms. The second-order valence-electron chi connectivity index (χ2n) is 3.18. The molecule has 0 aliphatic carbocycles. The molecule has 1 aliphatic rings. The monoisotopic (exact) mass is 204 g/mol. The Kier molecular flexibility index (Phi) is 2.40. The Morgan fingerprint density at radius 3 is 2.33 bits per heavy atom. The van der Waals surface area contributed by atoms with Crippen LogP contribution < -0.4 is 0 Å². The maximum Gasteiger partial charge on any atom is 0.193 e. The predicted molar refractivity (Wildman–Crippen MR) is 53.7 cm³/mol. The van der Waals surface area contributed by atoms with Crippen LogP contribution in [-0.4, -0.2) is 19.4 Å². The van der Waals surface area contributed by atoms with Crippen molar-refractivity contribution in [3.8, 4) is 0 Å². The molecule has 1 heterocycles. The molecule has 0 spiro atoms. The highest BCUT2D eigenvalue weighted by Gasteiger charge is 2.25. The molecule has 0 unspecified atom stereocenters. The summed E-state index contributed by atoms with van der Waals surface area (Å²) in [4.78, 5) is 0. The first-order valence-corrected chi connectivity index (χ1v) is 6.41. The van der Waals surface area contributed by atoms with Crippen LogP contribution in [0.3, 0.4) is 0 Å². The minimum atomic E-state index is -3.04. The van der Waals surface area contributed by atoms with Gasteiger partial charge in [0.15, 0.2) is 9.84 Å². The van der Waals surface area contributed by atoms with E-state index in [2.05, 4.69) is 0 Å². The first kappa shape index (κ1) is 9.86. The van der Waals surface area contributed by atoms with E-state index in [9.17, 15) is 8.42 Å². The highest BCUT2D eigenvalue weighted by atomic mass is 32.2. The molecular formula is C8H12O2S2. The minimum Gasteiger partial charge on any atom is -0.220 e. The van der Waals surface area contributed by atoms with Crippen molar-refractivity contribution in [1.82, 2.24) is 0 Å². The zero-order valence-electron chi connectivity index (χ0n) is 7.37. The number of hydrogen-bond acceptors (Lipinski definition) is 3. The molecule has 0 aromatic carbocycles. The topological polar surface area (TPSA) is 34.1 Å². The van der Waals surface area contributed by atoms with E-state index in [0.717, 1.165) is 5.57 Å². The fraction of sp³-hybridized carbons (Fsp3) is 0.500. The van der Waals surface area contributed by atoms with E-state index in [-0.39, 0.29) is 4.75 Å². The van der Waals surface area contributed by atoms with Crippen LogP contribution in [0.4, 0.5) is 0 Å². The molecule has 1 rings (SSSR count). The normalized spacial score (nSPS) is 21.1. The second-order valence-corrected chi connectivity index (χ2v) is 6.29. The second kappa shape index (κ2) is 2.92. The van der Waals surface area contributed by atoms with Crippen molar-refractivity contribution in [2.75, 3.05) is 6.26 Å². The Morgan fingerprint density at radius 1 is 1.42 bits per heavy atom. The number of thioether (sulfide) groups is 1. The summed E-state index contributed by atoms with van der Waals surface area (Å²) >= 11 is 1.64. The number of sulfone groups is 1. The van der Waals surface area contributed by atoms with Gasteiger partial charge in [0.05, 0.1) is 0 Å². The lowest BCUT2D eigenvalue weighted by Gasteiger charge is -2.21. The van der Waals surface area contributed by atoms with E-state index in [0.29, 0.717) is 0 Å². The smallest absolute Gasteiger partial charge is 0.193 e. The largest absolute Gasteiger partial charge is 0.220 e. The van der Waals surface area contributed by atoms with Gasteiger partial charge in [-0.1, -0.05) is 0 Å². The van der Waals surface area contributed by atoms with Crippen LogP contribution in [0.2, 0.25) is 0 Å². The molecule has 0 amide bonds. The van der Waals surface area contributed by atoms with E-state index in [1.54, 1.807) is 17.8 Å². The Morgan fingerprint density at radius 2 is 2.00 bits per heavy atom. The van der Waals surface area contributed by atoms with Gasteiger partial charge in [0, 0.05) is 15.6 Å². The van der Waals surface area contributed by atoms with Crippen molar-refractivity contribution in [3.63, 3.8) is 0 Å². The van der Waals surface area contributed by atoms with Crippen molar-refractivity contribution in [3.05, 3.63) is 22.5 Å². The third-order valence-corrected chi connectivity index (χ3v) is 4.29. The van der Waals surface area contributed by atoms with Crippen LogP contribution in [-0.2, 0) is 9.84 Å². The zero-order valence-corrected chi connectivity index (χ0v) is 9.00. The average Bonchev–Trinajstić information content (AvgIpc) is 2.31. The van der Waals surface area contributed by atoms with Crippen molar-refractivity contribution in [1.29, 1.82) is 0 Å². The molecule has 0 aromatic heterocycles. The van der Waals surface area contributed by atoms with Gasteiger partial charge in [0.2, 0.25) is 0 Å². The maximum absolute atomic E-state index is 11.0. The summed E-state index contributed by atoms with van der Waals surface area (Å²) in [6.07, 6.45) is 3.64. The van der Waals surface area contributed by atoms with Gasteiger partial charge in [-0.05, 0) is 31.8 Å². The SMILES string of the molecule is CSC(C)(C)C1=CS(=O)(=O)C=C1. The lowest BCUT2D eigenvalue weighted by atomic mass is 10.1. The number of rotatable bonds is 2. The third kappa shape index (κ3) is 1.93. The minimum absolute atomic E-state index is 0.111. The Bertz CT molecular complexity index is 334. The molecule has 0 N–H and O–H groups in total. The Hall–Kier alpha value is -0.220. The Labute approximate surface area is 77.7 Å². The molecule has 0 radical (unpaired) electrons. The molecule has 0 saturated carbocycles. The van der Waals surface area contributed by atoms with Gasteiger partial charge >= 0.3 is 0 Å². The fourth-order valence-corrected chi connectivity index (χ4v) is 2.46. The molecule has 0 bridgehead atoms. The molecule has 0 atom stereocenters. The van der Waals surface area contributed by atoms with Crippen LogP contribution in [0.5, 0.6) is 0 Å². The van der Waals surface area contributed by atoms with Crippen LogP contribution in [0.15, 0.2) is 22.5 Å². The molecule has 0 fully saturated rings. The molecule has 1 aliphatic heterocycles. The van der Waals surface area contributed by atoms with Gasteiger partial charge in [-0.25, -0.2) is 8.42 Å². The van der Waals surface area contributed by atoms with E-state index < -0.39 is 9.84 Å². The van der Waals surface area contributed by atoms with E-state index in [1.807, 2.05) is 20.1 Å². The van der Waals surface area contributed by atoms with Crippen LogP contribution >= 0.6 is 11.8 Å². The summed E-state index contributed by atoms with van der Waals surface area (Å²) in [5.74, 6) is 0. The molecule has 68 valence electrons. The van der Waals surface area contributed by atoms with Crippen LogP contribution in [0.25, 0.3) is 0 Å². The maximum atomic E-state index is 11.0. The summed E-state index contributed by atoms with van der Waals surface area (Å²) in [5.41, 5.74) is 0.870. The van der Waals surface area contributed by atoms with Crippen LogP contribution in [0, 0.1) is 0 Å². The van der Waals surface area contributed by atoms with Crippen molar-refractivity contribution < 1.29 is 8.42 Å². The molecule has 0 aromatic rings. The summed E-state index contributed by atoms with van der Waals surface area (Å²) in [6.45, 7) is 4.02. The van der Waals surface area contributed by atoms with Gasteiger partial charge in [-0.2, -0.15) is 11.8 Å².